The predicted molar refractivity (Wildman–Crippen MR) is 68.4 cm³/mol. The summed E-state index contributed by atoms with van der Waals surface area (Å²) in [5.41, 5.74) is 2.39. The minimum Gasteiger partial charge on any atom is -0.347 e. The summed E-state index contributed by atoms with van der Waals surface area (Å²) in [6, 6.07) is 5.98. The van der Waals surface area contributed by atoms with Crippen LogP contribution in [0.3, 0.4) is 0 Å². The van der Waals surface area contributed by atoms with E-state index in [0.717, 1.165) is 17.8 Å². The van der Waals surface area contributed by atoms with Crippen molar-refractivity contribution >= 4 is 12.2 Å². The van der Waals surface area contributed by atoms with E-state index >= 15 is 0 Å². The van der Waals surface area contributed by atoms with Crippen LogP contribution in [0.25, 0.3) is 0 Å². The first kappa shape index (κ1) is 10.6. The minimum atomic E-state index is 0.673. The maximum atomic E-state index is 5.20. The lowest BCUT2D eigenvalue weighted by Crippen LogP contribution is -2.00. The number of aromatic nitrogens is 3. The topological polar surface area (TPSA) is 41.6 Å². The number of nitrogens with zero attached hydrogens (tertiary/aromatic N) is 2. The van der Waals surface area contributed by atoms with Gasteiger partial charge in [-0.1, -0.05) is 18.3 Å². The second-order valence-corrected chi connectivity index (χ2v) is 4.85. The van der Waals surface area contributed by atoms with Crippen LogP contribution < -0.4 is 0 Å². The van der Waals surface area contributed by atoms with Gasteiger partial charge in [0, 0.05) is 24.5 Å². The third-order valence-corrected chi connectivity index (χ3v) is 3.13. The van der Waals surface area contributed by atoms with Crippen molar-refractivity contribution in [2.45, 2.75) is 25.2 Å². The van der Waals surface area contributed by atoms with Crippen LogP contribution in [-0.4, -0.2) is 15.0 Å². The summed E-state index contributed by atoms with van der Waals surface area (Å²) in [6.45, 7) is 0. The number of hydrogen-bond acceptors (Lipinski definition) is 3. The van der Waals surface area contributed by atoms with Gasteiger partial charge in [0.15, 0.2) is 0 Å². The molecule has 0 aliphatic heterocycles. The monoisotopic (exact) mass is 243 g/mol. The molecule has 0 radical (unpaired) electrons. The summed E-state index contributed by atoms with van der Waals surface area (Å²) in [5.74, 6) is 1.61. The van der Waals surface area contributed by atoms with Crippen molar-refractivity contribution in [3.05, 3.63) is 52.3 Å². The van der Waals surface area contributed by atoms with Crippen molar-refractivity contribution in [1.82, 2.24) is 15.0 Å². The van der Waals surface area contributed by atoms with Crippen molar-refractivity contribution in [2.24, 2.45) is 0 Å². The molecule has 0 bridgehead atoms. The third kappa shape index (κ3) is 2.58. The molecule has 2 aromatic heterocycles. The molecule has 86 valence electrons. The number of hydrogen-bond donors (Lipinski definition) is 1. The Balaban J connectivity index is 1.90. The molecule has 2 aromatic rings. The van der Waals surface area contributed by atoms with Crippen LogP contribution in [0.4, 0.5) is 0 Å². The van der Waals surface area contributed by atoms with Crippen molar-refractivity contribution < 1.29 is 0 Å². The maximum Gasteiger partial charge on any atom is 0.130 e. The molecule has 17 heavy (non-hydrogen) atoms. The van der Waals surface area contributed by atoms with Gasteiger partial charge in [-0.3, -0.25) is 4.98 Å². The molecule has 0 saturated heterocycles. The molecule has 4 heteroatoms. The largest absolute Gasteiger partial charge is 0.347 e. The molecule has 1 aliphatic carbocycles. The Morgan fingerprint density at radius 1 is 1.41 bits per heavy atom. The van der Waals surface area contributed by atoms with Gasteiger partial charge in [0.05, 0.1) is 0 Å². The van der Waals surface area contributed by atoms with E-state index in [1.807, 2.05) is 18.3 Å². The fourth-order valence-corrected chi connectivity index (χ4v) is 2.16. The van der Waals surface area contributed by atoms with E-state index in [1.54, 1.807) is 6.20 Å². The Bertz CT molecular complexity index is 573. The molecular formula is C13H13N3S. The van der Waals surface area contributed by atoms with E-state index in [2.05, 4.69) is 21.0 Å². The smallest absolute Gasteiger partial charge is 0.130 e. The van der Waals surface area contributed by atoms with Crippen LogP contribution in [0.2, 0.25) is 0 Å². The lowest BCUT2D eigenvalue weighted by atomic mass is 10.2. The van der Waals surface area contributed by atoms with Crippen molar-refractivity contribution in [2.75, 3.05) is 0 Å². The molecule has 1 N–H and O–H groups in total. The van der Waals surface area contributed by atoms with Crippen LogP contribution in [0.5, 0.6) is 0 Å². The summed E-state index contributed by atoms with van der Waals surface area (Å²) in [4.78, 5) is 11.9. The lowest BCUT2D eigenvalue weighted by Gasteiger charge is -2.04. The molecule has 0 unspecified atom stereocenters. The Hall–Kier alpha value is -1.55. The molecule has 1 aliphatic rings. The lowest BCUT2D eigenvalue weighted by molar-refractivity contribution is 0.890. The molecule has 0 aromatic carbocycles. The fraction of sp³-hybridized carbons (Fsp3) is 0.308. The second-order valence-electron chi connectivity index (χ2n) is 4.43. The molecular weight excluding hydrogens is 230 g/mol. The van der Waals surface area contributed by atoms with E-state index < -0.39 is 0 Å². The molecule has 0 amide bonds. The Morgan fingerprint density at radius 3 is 3.00 bits per heavy atom. The maximum absolute atomic E-state index is 5.20. The van der Waals surface area contributed by atoms with Gasteiger partial charge in [-0.15, -0.1) is 0 Å². The van der Waals surface area contributed by atoms with E-state index in [4.69, 9.17) is 12.2 Å². The molecule has 0 atom stereocenters. The van der Waals surface area contributed by atoms with Crippen LogP contribution in [0.15, 0.2) is 30.6 Å². The predicted octanol–water partition coefficient (Wildman–Crippen LogP) is 3.00. The number of H-pyrrole nitrogens is 1. The zero-order chi connectivity index (χ0) is 11.7. The quantitative estimate of drug-likeness (QED) is 0.843. The zero-order valence-corrected chi connectivity index (χ0v) is 10.2. The summed E-state index contributed by atoms with van der Waals surface area (Å²) < 4.78 is 0.685. The summed E-state index contributed by atoms with van der Waals surface area (Å²) >= 11 is 5.20. The molecule has 3 nitrogen and oxygen atoms in total. The normalized spacial score (nSPS) is 14.8. The molecule has 0 spiro atoms. The van der Waals surface area contributed by atoms with Crippen molar-refractivity contribution in [3.8, 4) is 0 Å². The molecule has 1 saturated carbocycles. The zero-order valence-electron chi connectivity index (χ0n) is 9.39. The van der Waals surface area contributed by atoms with Gasteiger partial charge in [-0.25, -0.2) is 4.98 Å². The first-order valence-electron chi connectivity index (χ1n) is 5.80. The summed E-state index contributed by atoms with van der Waals surface area (Å²) in [7, 11) is 0. The Labute approximate surface area is 105 Å². The SMILES string of the molecule is S=c1cc(C2CC2)[nH]c(Cc2cccnc2)n1. The van der Waals surface area contributed by atoms with Crippen LogP contribution in [0, 0.1) is 4.64 Å². The molecule has 2 heterocycles. The number of pyridine rings is 1. The summed E-state index contributed by atoms with van der Waals surface area (Å²) in [5, 5.41) is 0. The van der Waals surface area contributed by atoms with Gasteiger partial charge < -0.3 is 4.98 Å². The minimum absolute atomic E-state index is 0.673. The average Bonchev–Trinajstić information content (AvgIpc) is 3.13. The first-order valence-corrected chi connectivity index (χ1v) is 6.21. The van der Waals surface area contributed by atoms with Gasteiger partial charge in [0.1, 0.15) is 10.5 Å². The third-order valence-electron chi connectivity index (χ3n) is 2.92. The Morgan fingerprint density at radius 2 is 2.29 bits per heavy atom. The first-order chi connectivity index (χ1) is 8.31. The highest BCUT2D eigenvalue weighted by atomic mass is 32.1. The number of aromatic amines is 1. The molecule has 1 fully saturated rings. The van der Waals surface area contributed by atoms with Crippen LogP contribution >= 0.6 is 12.2 Å². The van der Waals surface area contributed by atoms with E-state index in [-0.39, 0.29) is 0 Å². The van der Waals surface area contributed by atoms with Gasteiger partial charge >= 0.3 is 0 Å². The standard InChI is InChI=1S/C13H13N3S/c17-13-7-11(10-3-4-10)15-12(16-13)6-9-2-1-5-14-8-9/h1-2,5,7-8,10H,3-4,6H2,(H,15,16,17). The average molecular weight is 243 g/mol. The van der Waals surface area contributed by atoms with Crippen LogP contribution in [0.1, 0.15) is 35.8 Å². The highest BCUT2D eigenvalue weighted by Gasteiger charge is 2.24. The number of nitrogens with one attached hydrogen (secondary N) is 1. The second kappa shape index (κ2) is 4.37. The molecule has 3 rings (SSSR count). The van der Waals surface area contributed by atoms with Gasteiger partial charge in [0.2, 0.25) is 0 Å². The van der Waals surface area contributed by atoms with Crippen molar-refractivity contribution in [1.29, 1.82) is 0 Å². The fourth-order valence-electron chi connectivity index (χ4n) is 1.92. The van der Waals surface area contributed by atoms with E-state index in [1.165, 1.54) is 18.5 Å². The van der Waals surface area contributed by atoms with E-state index in [0.29, 0.717) is 10.6 Å². The van der Waals surface area contributed by atoms with Crippen LogP contribution in [-0.2, 0) is 6.42 Å². The van der Waals surface area contributed by atoms with E-state index in [9.17, 15) is 0 Å². The van der Waals surface area contributed by atoms with Gasteiger partial charge in [-0.2, -0.15) is 0 Å². The highest BCUT2D eigenvalue weighted by molar-refractivity contribution is 7.71. The Kier molecular flexibility index (Phi) is 2.73. The highest BCUT2D eigenvalue weighted by Crippen LogP contribution is 2.38. The van der Waals surface area contributed by atoms with Gasteiger partial charge in [0.25, 0.3) is 0 Å². The van der Waals surface area contributed by atoms with Crippen molar-refractivity contribution in [3.63, 3.8) is 0 Å². The van der Waals surface area contributed by atoms with Gasteiger partial charge in [-0.05, 0) is 36.5 Å². The number of rotatable bonds is 3. The summed E-state index contributed by atoms with van der Waals surface area (Å²) in [6.07, 6.45) is 6.93.